The van der Waals surface area contributed by atoms with Gasteiger partial charge in [-0.1, -0.05) is 12.1 Å². The van der Waals surface area contributed by atoms with Gasteiger partial charge in [-0.15, -0.1) is 0 Å². The SMILES string of the molecule is O=C(c1cccc(-c2cn[nH]c2)c1)N1CCCC1. The first-order chi connectivity index (χ1) is 8.84. The van der Waals surface area contributed by atoms with Crippen LogP contribution in [0.1, 0.15) is 23.2 Å². The fraction of sp³-hybridized carbons (Fsp3) is 0.286. The van der Waals surface area contributed by atoms with Gasteiger partial charge < -0.3 is 4.90 Å². The summed E-state index contributed by atoms with van der Waals surface area (Å²) in [6.07, 6.45) is 5.83. The molecule has 0 spiro atoms. The number of H-pyrrole nitrogens is 1. The van der Waals surface area contributed by atoms with Crippen LogP contribution in [0.2, 0.25) is 0 Å². The Bertz CT molecular complexity index is 542. The third kappa shape index (κ3) is 2.01. The molecule has 1 saturated heterocycles. The minimum absolute atomic E-state index is 0.137. The molecule has 0 radical (unpaired) electrons. The normalized spacial score (nSPS) is 15.0. The van der Waals surface area contributed by atoms with Crippen LogP contribution >= 0.6 is 0 Å². The van der Waals surface area contributed by atoms with Crippen molar-refractivity contribution in [3.8, 4) is 11.1 Å². The summed E-state index contributed by atoms with van der Waals surface area (Å²) in [5.74, 6) is 0.137. The number of benzene rings is 1. The maximum Gasteiger partial charge on any atom is 0.253 e. The molecule has 92 valence electrons. The molecule has 1 N–H and O–H groups in total. The molecular weight excluding hydrogens is 226 g/mol. The maximum absolute atomic E-state index is 12.3. The van der Waals surface area contributed by atoms with Crippen molar-refractivity contribution >= 4 is 5.91 Å². The highest BCUT2D eigenvalue weighted by Gasteiger charge is 2.19. The van der Waals surface area contributed by atoms with Gasteiger partial charge in [0, 0.05) is 30.4 Å². The Hall–Kier alpha value is -2.10. The molecule has 1 fully saturated rings. The van der Waals surface area contributed by atoms with Crippen LogP contribution in [0.15, 0.2) is 36.7 Å². The average molecular weight is 241 g/mol. The number of nitrogens with zero attached hydrogens (tertiary/aromatic N) is 2. The second kappa shape index (κ2) is 4.64. The second-order valence-corrected chi connectivity index (χ2v) is 4.57. The number of aromatic nitrogens is 2. The molecule has 1 aromatic carbocycles. The summed E-state index contributed by atoms with van der Waals surface area (Å²) in [5.41, 5.74) is 2.79. The van der Waals surface area contributed by atoms with E-state index >= 15 is 0 Å². The van der Waals surface area contributed by atoms with Crippen LogP contribution in [-0.2, 0) is 0 Å². The van der Waals surface area contributed by atoms with Crippen molar-refractivity contribution in [1.82, 2.24) is 15.1 Å². The van der Waals surface area contributed by atoms with Crippen LogP contribution in [-0.4, -0.2) is 34.1 Å². The van der Waals surface area contributed by atoms with E-state index in [1.165, 1.54) is 0 Å². The number of amides is 1. The molecule has 4 nitrogen and oxygen atoms in total. The Morgan fingerprint density at radius 3 is 2.78 bits per heavy atom. The van der Waals surface area contributed by atoms with Gasteiger partial charge in [0.1, 0.15) is 0 Å². The molecule has 0 unspecified atom stereocenters. The van der Waals surface area contributed by atoms with Crippen molar-refractivity contribution in [3.63, 3.8) is 0 Å². The number of carbonyl (C=O) groups excluding carboxylic acids is 1. The standard InChI is InChI=1S/C14H15N3O/c18-14(17-6-1-2-7-17)12-5-3-4-11(8-12)13-9-15-16-10-13/h3-5,8-10H,1-2,6-7H2,(H,15,16). The molecule has 0 bridgehead atoms. The second-order valence-electron chi connectivity index (χ2n) is 4.57. The number of likely N-dealkylation sites (tertiary alicyclic amines) is 1. The van der Waals surface area contributed by atoms with E-state index in [0.717, 1.165) is 42.6 Å². The summed E-state index contributed by atoms with van der Waals surface area (Å²) < 4.78 is 0. The van der Waals surface area contributed by atoms with Crippen LogP contribution in [0, 0.1) is 0 Å². The van der Waals surface area contributed by atoms with E-state index in [1.54, 1.807) is 6.20 Å². The van der Waals surface area contributed by atoms with Crippen molar-refractivity contribution in [1.29, 1.82) is 0 Å². The molecule has 1 aliphatic heterocycles. The van der Waals surface area contributed by atoms with Crippen LogP contribution in [0.4, 0.5) is 0 Å². The Kier molecular flexibility index (Phi) is 2.84. The molecule has 0 aliphatic carbocycles. The van der Waals surface area contributed by atoms with Crippen LogP contribution in [0.3, 0.4) is 0 Å². The van der Waals surface area contributed by atoms with Crippen molar-refractivity contribution in [2.24, 2.45) is 0 Å². The number of aromatic amines is 1. The first kappa shape index (κ1) is 11.0. The summed E-state index contributed by atoms with van der Waals surface area (Å²) >= 11 is 0. The zero-order valence-electron chi connectivity index (χ0n) is 10.1. The van der Waals surface area contributed by atoms with Gasteiger partial charge in [0.15, 0.2) is 0 Å². The molecule has 2 heterocycles. The summed E-state index contributed by atoms with van der Waals surface area (Å²) in [5, 5.41) is 6.72. The van der Waals surface area contributed by atoms with Gasteiger partial charge >= 0.3 is 0 Å². The topological polar surface area (TPSA) is 49.0 Å². The van der Waals surface area contributed by atoms with Crippen molar-refractivity contribution in [3.05, 3.63) is 42.2 Å². The molecule has 4 heteroatoms. The number of hydrogen-bond donors (Lipinski definition) is 1. The van der Waals surface area contributed by atoms with Crippen LogP contribution in [0.25, 0.3) is 11.1 Å². The van der Waals surface area contributed by atoms with E-state index in [9.17, 15) is 4.79 Å². The zero-order chi connectivity index (χ0) is 12.4. The maximum atomic E-state index is 12.3. The molecule has 2 aromatic rings. The molecule has 1 aliphatic rings. The minimum atomic E-state index is 0.137. The number of nitrogens with one attached hydrogen (secondary N) is 1. The van der Waals surface area contributed by atoms with Gasteiger partial charge in [-0.2, -0.15) is 5.10 Å². The highest BCUT2D eigenvalue weighted by molar-refractivity contribution is 5.95. The van der Waals surface area contributed by atoms with Crippen molar-refractivity contribution in [2.75, 3.05) is 13.1 Å². The van der Waals surface area contributed by atoms with Gasteiger partial charge in [0.2, 0.25) is 0 Å². The summed E-state index contributed by atoms with van der Waals surface area (Å²) in [7, 11) is 0. The molecule has 18 heavy (non-hydrogen) atoms. The quantitative estimate of drug-likeness (QED) is 0.877. The Morgan fingerprint density at radius 2 is 2.06 bits per heavy atom. The first-order valence-corrected chi connectivity index (χ1v) is 6.23. The number of carbonyl (C=O) groups is 1. The van der Waals surface area contributed by atoms with Gasteiger partial charge in [-0.05, 0) is 30.5 Å². The summed E-state index contributed by atoms with van der Waals surface area (Å²) in [6.45, 7) is 1.77. The molecule has 0 atom stereocenters. The highest BCUT2D eigenvalue weighted by Crippen LogP contribution is 2.20. The number of hydrogen-bond acceptors (Lipinski definition) is 2. The largest absolute Gasteiger partial charge is 0.339 e. The lowest BCUT2D eigenvalue weighted by Gasteiger charge is -2.15. The van der Waals surface area contributed by atoms with E-state index in [1.807, 2.05) is 35.4 Å². The van der Waals surface area contributed by atoms with E-state index in [0.29, 0.717) is 0 Å². The van der Waals surface area contributed by atoms with E-state index in [2.05, 4.69) is 10.2 Å². The van der Waals surface area contributed by atoms with Crippen molar-refractivity contribution in [2.45, 2.75) is 12.8 Å². The highest BCUT2D eigenvalue weighted by atomic mass is 16.2. The molecule has 1 amide bonds. The predicted octanol–water partition coefficient (Wildman–Crippen LogP) is 2.31. The monoisotopic (exact) mass is 241 g/mol. The van der Waals surface area contributed by atoms with Gasteiger partial charge in [-0.3, -0.25) is 9.89 Å². The lowest BCUT2D eigenvalue weighted by molar-refractivity contribution is 0.0793. The van der Waals surface area contributed by atoms with Gasteiger partial charge in [-0.25, -0.2) is 0 Å². The lowest BCUT2D eigenvalue weighted by Crippen LogP contribution is -2.27. The van der Waals surface area contributed by atoms with Gasteiger partial charge in [0.25, 0.3) is 5.91 Å². The third-order valence-corrected chi connectivity index (χ3v) is 3.33. The van der Waals surface area contributed by atoms with E-state index < -0.39 is 0 Å². The summed E-state index contributed by atoms with van der Waals surface area (Å²) in [6, 6.07) is 7.73. The molecule has 0 saturated carbocycles. The summed E-state index contributed by atoms with van der Waals surface area (Å²) in [4.78, 5) is 14.2. The Morgan fingerprint density at radius 1 is 1.22 bits per heavy atom. The molecular formula is C14H15N3O. The smallest absolute Gasteiger partial charge is 0.253 e. The minimum Gasteiger partial charge on any atom is -0.339 e. The number of rotatable bonds is 2. The Balaban J connectivity index is 1.89. The third-order valence-electron chi connectivity index (χ3n) is 3.33. The first-order valence-electron chi connectivity index (χ1n) is 6.23. The molecule has 1 aromatic heterocycles. The zero-order valence-corrected chi connectivity index (χ0v) is 10.1. The fourth-order valence-corrected chi connectivity index (χ4v) is 2.34. The van der Waals surface area contributed by atoms with Crippen molar-refractivity contribution < 1.29 is 4.79 Å². The van der Waals surface area contributed by atoms with Crippen LogP contribution < -0.4 is 0 Å². The van der Waals surface area contributed by atoms with E-state index in [-0.39, 0.29) is 5.91 Å². The fourth-order valence-electron chi connectivity index (χ4n) is 2.34. The van der Waals surface area contributed by atoms with Gasteiger partial charge in [0.05, 0.1) is 6.20 Å². The van der Waals surface area contributed by atoms with Crippen LogP contribution in [0.5, 0.6) is 0 Å². The Labute approximate surface area is 106 Å². The predicted molar refractivity (Wildman–Crippen MR) is 69.2 cm³/mol. The van der Waals surface area contributed by atoms with E-state index in [4.69, 9.17) is 0 Å². The molecule has 3 rings (SSSR count). The average Bonchev–Trinajstić information content (AvgIpc) is 3.11. The lowest BCUT2D eigenvalue weighted by atomic mass is 10.1.